The van der Waals surface area contributed by atoms with Gasteiger partial charge < -0.3 is 10.5 Å². The van der Waals surface area contributed by atoms with E-state index in [9.17, 15) is 0 Å². The molecule has 0 aromatic carbocycles. The normalized spacial score (nSPS) is 18.4. The Morgan fingerprint density at radius 2 is 2.14 bits per heavy atom. The number of rotatable bonds is 2. The van der Waals surface area contributed by atoms with Gasteiger partial charge in [-0.3, -0.25) is 4.68 Å². The van der Waals surface area contributed by atoms with Crippen molar-refractivity contribution < 1.29 is 4.74 Å². The van der Waals surface area contributed by atoms with E-state index in [1.165, 1.54) is 19.3 Å². The van der Waals surface area contributed by atoms with Crippen LogP contribution in [0.4, 0.5) is 5.69 Å². The highest BCUT2D eigenvalue weighted by Crippen LogP contribution is 2.25. The molecule has 1 aromatic rings. The molecule has 0 atom stereocenters. The fourth-order valence-electron chi connectivity index (χ4n) is 1.92. The standard InChI is InChI=1S/C10H17N3O/c1-13-7-9(11)10(12-13)14-8-5-3-2-4-6-8/h7-8H,2-6,11H2,1H3. The van der Waals surface area contributed by atoms with Crippen molar-refractivity contribution >= 4 is 5.69 Å². The van der Waals surface area contributed by atoms with Gasteiger partial charge in [-0.2, -0.15) is 0 Å². The first-order valence-corrected chi connectivity index (χ1v) is 5.21. The lowest BCUT2D eigenvalue weighted by Gasteiger charge is -2.21. The van der Waals surface area contributed by atoms with Crippen LogP contribution in [0.25, 0.3) is 0 Å². The quantitative estimate of drug-likeness (QED) is 0.781. The van der Waals surface area contributed by atoms with Crippen molar-refractivity contribution in [3.8, 4) is 5.88 Å². The van der Waals surface area contributed by atoms with Crippen molar-refractivity contribution in [2.75, 3.05) is 5.73 Å². The van der Waals surface area contributed by atoms with E-state index in [0.717, 1.165) is 12.8 Å². The maximum absolute atomic E-state index is 5.75. The monoisotopic (exact) mass is 195 g/mol. The first-order valence-electron chi connectivity index (χ1n) is 5.21. The maximum atomic E-state index is 5.75. The summed E-state index contributed by atoms with van der Waals surface area (Å²) in [6, 6.07) is 0. The Balaban J connectivity index is 1.98. The second-order valence-electron chi connectivity index (χ2n) is 3.94. The summed E-state index contributed by atoms with van der Waals surface area (Å²) in [4.78, 5) is 0. The van der Waals surface area contributed by atoms with Gasteiger partial charge in [0, 0.05) is 7.05 Å². The summed E-state index contributed by atoms with van der Waals surface area (Å²) in [5.41, 5.74) is 6.39. The summed E-state index contributed by atoms with van der Waals surface area (Å²) in [5.74, 6) is 0.597. The number of aromatic nitrogens is 2. The second-order valence-corrected chi connectivity index (χ2v) is 3.94. The Morgan fingerprint density at radius 3 is 2.71 bits per heavy atom. The predicted molar refractivity (Wildman–Crippen MR) is 55.1 cm³/mol. The zero-order chi connectivity index (χ0) is 9.97. The van der Waals surface area contributed by atoms with E-state index in [4.69, 9.17) is 10.5 Å². The Kier molecular flexibility index (Phi) is 2.61. The molecule has 0 aliphatic heterocycles. The second kappa shape index (κ2) is 3.90. The molecule has 1 fully saturated rings. The summed E-state index contributed by atoms with van der Waals surface area (Å²) in [7, 11) is 1.85. The summed E-state index contributed by atoms with van der Waals surface area (Å²) in [5, 5.41) is 4.17. The predicted octanol–water partition coefficient (Wildman–Crippen LogP) is 1.71. The van der Waals surface area contributed by atoms with Crippen LogP contribution in [-0.4, -0.2) is 15.9 Å². The van der Waals surface area contributed by atoms with Gasteiger partial charge in [0.25, 0.3) is 5.88 Å². The van der Waals surface area contributed by atoms with Crippen molar-refractivity contribution in [3.63, 3.8) is 0 Å². The molecule has 1 aliphatic rings. The molecule has 78 valence electrons. The smallest absolute Gasteiger partial charge is 0.256 e. The van der Waals surface area contributed by atoms with E-state index >= 15 is 0 Å². The average Bonchev–Trinajstić information content (AvgIpc) is 2.47. The van der Waals surface area contributed by atoms with Crippen LogP contribution >= 0.6 is 0 Å². The number of nitrogens with two attached hydrogens (primary N) is 1. The van der Waals surface area contributed by atoms with Crippen LogP contribution in [0.3, 0.4) is 0 Å². The van der Waals surface area contributed by atoms with E-state index in [0.29, 0.717) is 17.7 Å². The molecule has 0 saturated heterocycles. The summed E-state index contributed by atoms with van der Waals surface area (Å²) < 4.78 is 7.44. The van der Waals surface area contributed by atoms with Crippen molar-refractivity contribution in [1.82, 2.24) is 9.78 Å². The van der Waals surface area contributed by atoms with Gasteiger partial charge in [0.1, 0.15) is 11.8 Å². The maximum Gasteiger partial charge on any atom is 0.256 e. The van der Waals surface area contributed by atoms with E-state index in [2.05, 4.69) is 5.10 Å². The summed E-state index contributed by atoms with van der Waals surface area (Å²) in [6.07, 6.45) is 8.22. The number of ether oxygens (including phenoxy) is 1. The third-order valence-electron chi connectivity index (χ3n) is 2.65. The van der Waals surface area contributed by atoms with Crippen LogP contribution in [0.2, 0.25) is 0 Å². The SMILES string of the molecule is Cn1cc(N)c(OC2CCCCC2)n1. The first kappa shape index (κ1) is 9.37. The van der Waals surface area contributed by atoms with Gasteiger partial charge in [-0.05, 0) is 25.7 Å². The molecule has 2 rings (SSSR count). The van der Waals surface area contributed by atoms with Gasteiger partial charge in [0.15, 0.2) is 0 Å². The van der Waals surface area contributed by atoms with Crippen LogP contribution in [0, 0.1) is 0 Å². The molecule has 0 unspecified atom stereocenters. The Labute approximate surface area is 84.0 Å². The number of anilines is 1. The van der Waals surface area contributed by atoms with Crippen LogP contribution in [0.1, 0.15) is 32.1 Å². The average molecular weight is 195 g/mol. The van der Waals surface area contributed by atoms with Crippen molar-refractivity contribution in [2.24, 2.45) is 7.05 Å². The third-order valence-corrected chi connectivity index (χ3v) is 2.65. The molecule has 1 heterocycles. The Hall–Kier alpha value is -1.19. The molecular formula is C10H17N3O. The van der Waals surface area contributed by atoms with Crippen LogP contribution < -0.4 is 10.5 Å². The molecule has 0 spiro atoms. The van der Waals surface area contributed by atoms with Gasteiger partial charge in [-0.15, -0.1) is 5.10 Å². The number of nitrogens with zero attached hydrogens (tertiary/aromatic N) is 2. The molecule has 1 saturated carbocycles. The number of hydrogen-bond donors (Lipinski definition) is 1. The van der Waals surface area contributed by atoms with Gasteiger partial charge in [-0.25, -0.2) is 0 Å². The fourth-order valence-corrected chi connectivity index (χ4v) is 1.92. The van der Waals surface area contributed by atoms with E-state index in [1.807, 2.05) is 7.05 Å². The highest BCUT2D eigenvalue weighted by atomic mass is 16.5. The molecule has 14 heavy (non-hydrogen) atoms. The zero-order valence-corrected chi connectivity index (χ0v) is 8.57. The minimum atomic E-state index is 0.320. The van der Waals surface area contributed by atoms with Crippen LogP contribution in [0.15, 0.2) is 6.20 Å². The van der Waals surface area contributed by atoms with Gasteiger partial charge in [0.05, 0.1) is 6.20 Å². The fraction of sp³-hybridized carbons (Fsp3) is 0.700. The highest BCUT2D eigenvalue weighted by molar-refractivity contribution is 5.45. The molecular weight excluding hydrogens is 178 g/mol. The van der Waals surface area contributed by atoms with Crippen molar-refractivity contribution in [1.29, 1.82) is 0 Å². The number of aryl methyl sites for hydroxylation is 1. The summed E-state index contributed by atoms with van der Waals surface area (Å²) >= 11 is 0. The molecule has 1 aliphatic carbocycles. The largest absolute Gasteiger partial charge is 0.472 e. The Morgan fingerprint density at radius 1 is 1.43 bits per heavy atom. The zero-order valence-electron chi connectivity index (χ0n) is 8.57. The molecule has 2 N–H and O–H groups in total. The lowest BCUT2D eigenvalue weighted by Crippen LogP contribution is -2.20. The molecule has 4 heteroatoms. The first-order chi connectivity index (χ1) is 6.75. The third kappa shape index (κ3) is 2.00. The van der Waals surface area contributed by atoms with Crippen molar-refractivity contribution in [3.05, 3.63) is 6.20 Å². The topological polar surface area (TPSA) is 53.1 Å². The van der Waals surface area contributed by atoms with Crippen LogP contribution in [0.5, 0.6) is 5.88 Å². The lowest BCUT2D eigenvalue weighted by molar-refractivity contribution is 0.148. The molecule has 0 amide bonds. The minimum absolute atomic E-state index is 0.320. The molecule has 0 bridgehead atoms. The number of nitrogen functional groups attached to an aromatic ring is 1. The minimum Gasteiger partial charge on any atom is -0.472 e. The summed E-state index contributed by atoms with van der Waals surface area (Å²) in [6.45, 7) is 0. The molecule has 4 nitrogen and oxygen atoms in total. The number of hydrogen-bond acceptors (Lipinski definition) is 3. The van der Waals surface area contributed by atoms with Gasteiger partial charge >= 0.3 is 0 Å². The van der Waals surface area contributed by atoms with Crippen molar-refractivity contribution in [2.45, 2.75) is 38.2 Å². The lowest BCUT2D eigenvalue weighted by atomic mass is 9.98. The highest BCUT2D eigenvalue weighted by Gasteiger charge is 2.17. The molecule has 0 radical (unpaired) electrons. The van der Waals surface area contributed by atoms with Gasteiger partial charge in [-0.1, -0.05) is 6.42 Å². The van der Waals surface area contributed by atoms with E-state index < -0.39 is 0 Å². The molecule has 1 aromatic heterocycles. The van der Waals surface area contributed by atoms with Gasteiger partial charge in [0.2, 0.25) is 0 Å². The Bertz CT molecular complexity index is 302. The van der Waals surface area contributed by atoms with E-state index in [1.54, 1.807) is 10.9 Å². The van der Waals surface area contributed by atoms with E-state index in [-0.39, 0.29) is 0 Å². The van der Waals surface area contributed by atoms with Crippen LogP contribution in [-0.2, 0) is 7.05 Å².